The average Bonchev–Trinajstić information content (AvgIpc) is 2.46. The number of aryl methyl sites for hydroxylation is 1. The highest BCUT2D eigenvalue weighted by Gasteiger charge is 2.22. The minimum absolute atomic E-state index is 0.136. The molecule has 3 rings (SSSR count). The fraction of sp³-hybridized carbons (Fsp3) is 0.250. The van der Waals surface area contributed by atoms with E-state index in [0.717, 1.165) is 30.5 Å². The molecular weight excluding hydrogens is 252 g/mol. The van der Waals surface area contributed by atoms with Crippen LogP contribution in [0.4, 0.5) is 11.4 Å². The summed E-state index contributed by atoms with van der Waals surface area (Å²) in [5.74, 6) is 0.294. The molecule has 0 saturated heterocycles. The lowest BCUT2D eigenvalue weighted by atomic mass is 9.79. The van der Waals surface area contributed by atoms with Crippen LogP contribution in [0, 0.1) is 10.1 Å². The van der Waals surface area contributed by atoms with Gasteiger partial charge in [-0.25, -0.2) is 0 Å². The van der Waals surface area contributed by atoms with Gasteiger partial charge in [-0.3, -0.25) is 10.1 Å². The smallest absolute Gasteiger partial charge is 0.269 e. The van der Waals surface area contributed by atoms with Gasteiger partial charge >= 0.3 is 0 Å². The zero-order valence-electron chi connectivity index (χ0n) is 11.1. The van der Waals surface area contributed by atoms with E-state index in [1.165, 1.54) is 11.1 Å². The van der Waals surface area contributed by atoms with E-state index in [0.29, 0.717) is 5.92 Å². The number of rotatable bonds is 2. The summed E-state index contributed by atoms with van der Waals surface area (Å²) in [6, 6.07) is 13.0. The molecular formula is C16H16N2O2. The SMILES string of the molecule is Nc1ccc2c(c1)C(c1ccc([N+](=O)[O-])cc1)CCC2. The number of nitrogen functional groups attached to an aromatic ring is 1. The van der Waals surface area contributed by atoms with E-state index >= 15 is 0 Å². The van der Waals surface area contributed by atoms with Crippen molar-refractivity contribution in [1.82, 2.24) is 0 Å². The van der Waals surface area contributed by atoms with Crippen molar-refractivity contribution in [2.24, 2.45) is 0 Å². The van der Waals surface area contributed by atoms with Crippen LogP contribution in [-0.2, 0) is 6.42 Å². The number of hydrogen-bond donors (Lipinski definition) is 1. The molecule has 0 bridgehead atoms. The first-order valence-electron chi connectivity index (χ1n) is 6.78. The molecule has 2 aromatic carbocycles. The maximum absolute atomic E-state index is 10.7. The lowest BCUT2D eigenvalue weighted by molar-refractivity contribution is -0.384. The molecule has 20 heavy (non-hydrogen) atoms. The van der Waals surface area contributed by atoms with Gasteiger partial charge in [-0.05, 0) is 48.1 Å². The molecule has 2 N–H and O–H groups in total. The van der Waals surface area contributed by atoms with Crippen LogP contribution in [0.3, 0.4) is 0 Å². The predicted molar refractivity (Wildman–Crippen MR) is 78.7 cm³/mol. The molecule has 0 fully saturated rings. The summed E-state index contributed by atoms with van der Waals surface area (Å²) in [5.41, 5.74) is 10.5. The van der Waals surface area contributed by atoms with Crippen molar-refractivity contribution in [3.05, 3.63) is 69.3 Å². The summed E-state index contributed by atoms with van der Waals surface area (Å²) in [4.78, 5) is 10.4. The monoisotopic (exact) mass is 268 g/mol. The van der Waals surface area contributed by atoms with Crippen LogP contribution < -0.4 is 5.73 Å². The molecule has 0 radical (unpaired) electrons. The molecule has 1 unspecified atom stereocenters. The molecule has 0 saturated carbocycles. The molecule has 0 aromatic heterocycles. The van der Waals surface area contributed by atoms with Gasteiger partial charge in [-0.15, -0.1) is 0 Å². The minimum Gasteiger partial charge on any atom is -0.399 e. The highest BCUT2D eigenvalue weighted by molar-refractivity contribution is 5.50. The third-order valence-corrected chi connectivity index (χ3v) is 3.99. The van der Waals surface area contributed by atoms with E-state index in [2.05, 4.69) is 6.07 Å². The molecule has 2 aromatic rings. The number of nitrogens with zero attached hydrogens (tertiary/aromatic N) is 1. The molecule has 0 amide bonds. The highest BCUT2D eigenvalue weighted by atomic mass is 16.6. The number of benzene rings is 2. The maximum atomic E-state index is 10.7. The van der Waals surface area contributed by atoms with Gasteiger partial charge in [-0.1, -0.05) is 18.2 Å². The van der Waals surface area contributed by atoms with Crippen LogP contribution in [0.1, 0.15) is 35.4 Å². The molecule has 0 heterocycles. The van der Waals surface area contributed by atoms with E-state index in [1.54, 1.807) is 12.1 Å². The molecule has 1 atom stereocenters. The summed E-state index contributed by atoms with van der Waals surface area (Å²) in [7, 11) is 0. The second kappa shape index (κ2) is 4.96. The van der Waals surface area contributed by atoms with Crippen molar-refractivity contribution in [2.45, 2.75) is 25.2 Å². The number of nitrogens with two attached hydrogens (primary N) is 1. The summed E-state index contributed by atoms with van der Waals surface area (Å²) in [6.07, 6.45) is 3.28. The number of hydrogen-bond acceptors (Lipinski definition) is 3. The second-order valence-corrected chi connectivity index (χ2v) is 5.25. The highest BCUT2D eigenvalue weighted by Crippen LogP contribution is 2.37. The lowest BCUT2D eigenvalue weighted by Gasteiger charge is -2.26. The van der Waals surface area contributed by atoms with Gasteiger partial charge in [0.1, 0.15) is 0 Å². The Bertz CT molecular complexity index is 650. The van der Waals surface area contributed by atoms with E-state index in [9.17, 15) is 10.1 Å². The lowest BCUT2D eigenvalue weighted by Crippen LogP contribution is -2.11. The molecule has 0 spiro atoms. The van der Waals surface area contributed by atoms with Crippen molar-refractivity contribution >= 4 is 11.4 Å². The van der Waals surface area contributed by atoms with Gasteiger partial charge in [-0.2, -0.15) is 0 Å². The zero-order chi connectivity index (χ0) is 14.1. The first kappa shape index (κ1) is 12.7. The molecule has 1 aliphatic rings. The second-order valence-electron chi connectivity index (χ2n) is 5.25. The van der Waals surface area contributed by atoms with Crippen LogP contribution in [0.5, 0.6) is 0 Å². The van der Waals surface area contributed by atoms with Crippen LogP contribution in [0.2, 0.25) is 0 Å². The van der Waals surface area contributed by atoms with Gasteiger partial charge < -0.3 is 5.73 Å². The fourth-order valence-electron chi connectivity index (χ4n) is 2.99. The van der Waals surface area contributed by atoms with Crippen LogP contribution in [-0.4, -0.2) is 4.92 Å². The number of fused-ring (bicyclic) bond motifs is 1. The number of non-ortho nitro benzene ring substituents is 1. The third-order valence-electron chi connectivity index (χ3n) is 3.99. The molecule has 0 aliphatic heterocycles. The summed E-state index contributed by atoms with van der Waals surface area (Å²) < 4.78 is 0. The van der Waals surface area contributed by atoms with Crippen molar-refractivity contribution in [2.75, 3.05) is 5.73 Å². The van der Waals surface area contributed by atoms with Gasteiger partial charge in [0.25, 0.3) is 5.69 Å². The standard InChI is InChI=1S/C16H16N2O2/c17-13-7-4-11-2-1-3-15(16(11)10-13)12-5-8-14(9-6-12)18(19)20/h4-10,15H,1-3,17H2. The average molecular weight is 268 g/mol. The van der Waals surface area contributed by atoms with E-state index in [-0.39, 0.29) is 10.6 Å². The Balaban J connectivity index is 1.99. The quantitative estimate of drug-likeness (QED) is 0.513. The van der Waals surface area contributed by atoms with E-state index < -0.39 is 0 Å². The minimum atomic E-state index is -0.364. The molecule has 1 aliphatic carbocycles. The molecule has 4 heteroatoms. The van der Waals surface area contributed by atoms with Crippen LogP contribution in [0.25, 0.3) is 0 Å². The maximum Gasteiger partial charge on any atom is 0.269 e. The van der Waals surface area contributed by atoms with Gasteiger partial charge in [0.15, 0.2) is 0 Å². The Morgan fingerprint density at radius 1 is 1.15 bits per heavy atom. The largest absolute Gasteiger partial charge is 0.399 e. The third kappa shape index (κ3) is 2.25. The zero-order valence-corrected chi connectivity index (χ0v) is 11.1. The molecule has 102 valence electrons. The Labute approximate surface area is 117 Å². The topological polar surface area (TPSA) is 69.2 Å². The summed E-state index contributed by atoms with van der Waals surface area (Å²) in [6.45, 7) is 0. The van der Waals surface area contributed by atoms with Crippen molar-refractivity contribution in [3.8, 4) is 0 Å². The first-order chi connectivity index (χ1) is 9.65. The Hall–Kier alpha value is -2.36. The Morgan fingerprint density at radius 2 is 1.90 bits per heavy atom. The normalized spacial score (nSPS) is 17.5. The van der Waals surface area contributed by atoms with E-state index in [4.69, 9.17) is 5.73 Å². The number of nitro benzene ring substituents is 1. The Kier molecular flexibility index (Phi) is 3.14. The molecule has 4 nitrogen and oxygen atoms in total. The first-order valence-corrected chi connectivity index (χ1v) is 6.78. The van der Waals surface area contributed by atoms with Crippen molar-refractivity contribution in [3.63, 3.8) is 0 Å². The van der Waals surface area contributed by atoms with Crippen molar-refractivity contribution in [1.29, 1.82) is 0 Å². The predicted octanol–water partition coefficient (Wildman–Crippen LogP) is 3.65. The fourth-order valence-corrected chi connectivity index (χ4v) is 2.99. The number of nitro groups is 1. The summed E-state index contributed by atoms with van der Waals surface area (Å²) >= 11 is 0. The van der Waals surface area contributed by atoms with Crippen molar-refractivity contribution < 1.29 is 4.92 Å². The van der Waals surface area contributed by atoms with Gasteiger partial charge in [0.05, 0.1) is 4.92 Å². The van der Waals surface area contributed by atoms with Gasteiger partial charge in [0.2, 0.25) is 0 Å². The Morgan fingerprint density at radius 3 is 2.60 bits per heavy atom. The van der Waals surface area contributed by atoms with Crippen LogP contribution in [0.15, 0.2) is 42.5 Å². The van der Waals surface area contributed by atoms with Crippen LogP contribution >= 0.6 is 0 Å². The number of anilines is 1. The van der Waals surface area contributed by atoms with Gasteiger partial charge in [0, 0.05) is 23.7 Å². The van der Waals surface area contributed by atoms with E-state index in [1.807, 2.05) is 24.3 Å². The summed E-state index contributed by atoms with van der Waals surface area (Å²) in [5, 5.41) is 10.7.